The number of hydrogen-bond donors (Lipinski definition) is 1. The van der Waals surface area contributed by atoms with Crippen molar-refractivity contribution in [2.75, 3.05) is 6.54 Å². The molecule has 2 saturated carbocycles. The topological polar surface area (TPSA) is 75.3 Å². The predicted octanol–water partition coefficient (Wildman–Crippen LogP) is 6.27. The van der Waals surface area contributed by atoms with Crippen molar-refractivity contribution in [2.24, 2.45) is 0 Å². The maximum absolute atomic E-state index is 13.4. The van der Waals surface area contributed by atoms with E-state index in [1.54, 1.807) is 0 Å². The molecule has 3 saturated heterocycles. The molecule has 0 aromatic rings. The van der Waals surface area contributed by atoms with Gasteiger partial charge in [0.1, 0.15) is 18.3 Å². The lowest BCUT2D eigenvalue weighted by Crippen LogP contribution is -2.59. The van der Waals surface area contributed by atoms with E-state index in [9.17, 15) is 4.79 Å². The van der Waals surface area contributed by atoms with Gasteiger partial charge in [-0.1, -0.05) is 77.6 Å². The molecule has 0 aromatic carbocycles. The lowest BCUT2D eigenvalue weighted by atomic mass is 9.94. The SMILES string of the molecule is CCCCCCCCCCCCNC(=O)[C@@H]1O[C@@H]2OC3(CCCCC3)O[C@@H]2[C@@H]2OC3(CCCCC3)O[C@H]21. The maximum atomic E-state index is 13.4. The Bertz CT molecular complexity index is 719. The molecule has 1 N–H and O–H groups in total. The normalized spacial score (nSPS) is 33.9. The van der Waals surface area contributed by atoms with Crippen molar-refractivity contribution in [3.05, 3.63) is 0 Å². The van der Waals surface area contributed by atoms with Gasteiger partial charge in [0.15, 0.2) is 24.0 Å². The third-order valence-corrected chi connectivity index (χ3v) is 9.20. The standard InChI is InChI=1S/C30H51NO6/c1-2-3-4-5-6-7-8-9-10-17-22-31-27(32)25-23-24(35-29(34-23)18-13-11-14-19-29)26-28(33-25)37-30(36-26)20-15-12-16-21-30/h23-26,28H,2-22H2,1H3,(H,31,32)/t23-,24-,25-,26-,28-/m1/s1. The van der Waals surface area contributed by atoms with Crippen LogP contribution < -0.4 is 5.32 Å². The monoisotopic (exact) mass is 521 g/mol. The molecule has 37 heavy (non-hydrogen) atoms. The summed E-state index contributed by atoms with van der Waals surface area (Å²) in [5.74, 6) is -1.30. The molecule has 0 aromatic heterocycles. The second-order valence-electron chi connectivity index (χ2n) is 12.2. The average Bonchev–Trinajstić information content (AvgIpc) is 3.45. The van der Waals surface area contributed by atoms with E-state index in [1.807, 2.05) is 0 Å². The van der Waals surface area contributed by atoms with Gasteiger partial charge in [-0.2, -0.15) is 0 Å². The minimum atomic E-state index is -0.724. The summed E-state index contributed by atoms with van der Waals surface area (Å²) in [4.78, 5) is 13.4. The van der Waals surface area contributed by atoms with Crippen LogP contribution in [-0.2, 0) is 28.5 Å². The summed E-state index contributed by atoms with van der Waals surface area (Å²) >= 11 is 0. The highest BCUT2D eigenvalue weighted by Crippen LogP contribution is 2.50. The molecule has 5 fully saturated rings. The minimum Gasteiger partial charge on any atom is -0.354 e. The summed E-state index contributed by atoms with van der Waals surface area (Å²) in [6, 6.07) is 0. The Balaban J connectivity index is 1.11. The second kappa shape index (κ2) is 13.1. The molecular weight excluding hydrogens is 470 g/mol. The van der Waals surface area contributed by atoms with Crippen LogP contribution in [0.15, 0.2) is 0 Å². The number of rotatable bonds is 12. The average molecular weight is 522 g/mol. The largest absolute Gasteiger partial charge is 0.354 e. The first kappa shape index (κ1) is 27.8. The van der Waals surface area contributed by atoms with Crippen molar-refractivity contribution in [1.29, 1.82) is 0 Å². The van der Waals surface area contributed by atoms with Gasteiger partial charge in [0.2, 0.25) is 0 Å². The molecule has 212 valence electrons. The van der Waals surface area contributed by atoms with Crippen LogP contribution in [0.5, 0.6) is 0 Å². The molecule has 3 aliphatic heterocycles. The number of fused-ring (bicyclic) bond motifs is 3. The van der Waals surface area contributed by atoms with Crippen LogP contribution in [0.1, 0.15) is 135 Å². The van der Waals surface area contributed by atoms with Gasteiger partial charge in [0.25, 0.3) is 5.91 Å². The third-order valence-electron chi connectivity index (χ3n) is 9.20. The van der Waals surface area contributed by atoms with Crippen molar-refractivity contribution >= 4 is 5.91 Å². The Labute approximate surface area is 224 Å². The smallest absolute Gasteiger partial charge is 0.252 e. The molecule has 0 radical (unpaired) electrons. The summed E-state index contributed by atoms with van der Waals surface area (Å²) in [5, 5.41) is 3.14. The third kappa shape index (κ3) is 6.71. The molecule has 2 aliphatic carbocycles. The van der Waals surface area contributed by atoms with Crippen molar-refractivity contribution in [2.45, 2.75) is 178 Å². The number of unbranched alkanes of at least 4 members (excludes halogenated alkanes) is 9. The summed E-state index contributed by atoms with van der Waals surface area (Å²) in [7, 11) is 0. The maximum Gasteiger partial charge on any atom is 0.252 e. The van der Waals surface area contributed by atoms with Crippen LogP contribution in [0.25, 0.3) is 0 Å². The Kier molecular flexibility index (Phi) is 9.84. The van der Waals surface area contributed by atoms with E-state index >= 15 is 0 Å². The van der Waals surface area contributed by atoms with Crippen LogP contribution in [0.4, 0.5) is 0 Å². The highest BCUT2D eigenvalue weighted by atomic mass is 16.9. The van der Waals surface area contributed by atoms with Gasteiger partial charge in [0, 0.05) is 32.2 Å². The fourth-order valence-corrected chi connectivity index (χ4v) is 7.09. The van der Waals surface area contributed by atoms with Crippen LogP contribution in [0, 0.1) is 0 Å². The van der Waals surface area contributed by atoms with E-state index in [4.69, 9.17) is 23.7 Å². The van der Waals surface area contributed by atoms with E-state index in [-0.39, 0.29) is 18.1 Å². The quantitative estimate of drug-likeness (QED) is 0.305. The fourth-order valence-electron chi connectivity index (χ4n) is 7.09. The molecule has 3 heterocycles. The number of amides is 1. The van der Waals surface area contributed by atoms with Crippen molar-refractivity contribution in [3.63, 3.8) is 0 Å². The number of carbonyl (C=O) groups excluding carboxylic acids is 1. The van der Waals surface area contributed by atoms with Gasteiger partial charge in [-0.25, -0.2) is 0 Å². The van der Waals surface area contributed by atoms with Crippen molar-refractivity contribution < 1.29 is 28.5 Å². The molecule has 0 unspecified atom stereocenters. The lowest BCUT2D eigenvalue weighted by molar-refractivity contribution is -0.247. The summed E-state index contributed by atoms with van der Waals surface area (Å²) in [5.41, 5.74) is 0. The van der Waals surface area contributed by atoms with Crippen LogP contribution in [0.2, 0.25) is 0 Å². The molecule has 5 rings (SSSR count). The molecule has 5 atom stereocenters. The van der Waals surface area contributed by atoms with Crippen molar-refractivity contribution in [3.8, 4) is 0 Å². The van der Waals surface area contributed by atoms with Crippen LogP contribution >= 0.6 is 0 Å². The second-order valence-corrected chi connectivity index (χ2v) is 12.2. The van der Waals surface area contributed by atoms with E-state index in [0.29, 0.717) is 6.54 Å². The Morgan fingerprint density at radius 3 is 1.78 bits per heavy atom. The molecule has 5 aliphatic rings. The predicted molar refractivity (Wildman–Crippen MR) is 141 cm³/mol. The first-order valence-electron chi connectivity index (χ1n) is 15.8. The number of hydrogen-bond acceptors (Lipinski definition) is 6. The van der Waals surface area contributed by atoms with E-state index in [0.717, 1.165) is 64.2 Å². The number of carbonyl (C=O) groups is 1. The first-order chi connectivity index (χ1) is 18.1. The molecule has 1 amide bonds. The molecule has 2 spiro atoms. The Morgan fingerprint density at radius 1 is 0.649 bits per heavy atom. The first-order valence-corrected chi connectivity index (χ1v) is 15.8. The van der Waals surface area contributed by atoms with Gasteiger partial charge in [-0.15, -0.1) is 0 Å². The molecule has 7 nitrogen and oxygen atoms in total. The highest BCUT2D eigenvalue weighted by Gasteiger charge is 2.65. The summed E-state index contributed by atoms with van der Waals surface area (Å²) in [6.07, 6.45) is 20.7. The van der Waals surface area contributed by atoms with Gasteiger partial charge >= 0.3 is 0 Å². The zero-order valence-corrected chi connectivity index (χ0v) is 23.2. The lowest BCUT2D eigenvalue weighted by Gasteiger charge is -2.36. The van der Waals surface area contributed by atoms with E-state index in [1.165, 1.54) is 64.2 Å². The number of nitrogens with one attached hydrogen (secondary N) is 1. The van der Waals surface area contributed by atoms with E-state index in [2.05, 4.69) is 12.2 Å². The zero-order valence-electron chi connectivity index (χ0n) is 23.2. The van der Waals surface area contributed by atoms with Gasteiger partial charge in [-0.3, -0.25) is 4.79 Å². The molecule has 7 heteroatoms. The highest BCUT2D eigenvalue weighted by molar-refractivity contribution is 5.81. The minimum absolute atomic E-state index is 0.103. The van der Waals surface area contributed by atoms with Crippen molar-refractivity contribution in [1.82, 2.24) is 5.32 Å². The van der Waals surface area contributed by atoms with Crippen LogP contribution in [0.3, 0.4) is 0 Å². The fraction of sp³-hybridized carbons (Fsp3) is 0.967. The molecular formula is C30H51NO6. The summed E-state index contributed by atoms with van der Waals surface area (Å²) < 4.78 is 32.5. The van der Waals surface area contributed by atoms with Gasteiger partial charge in [0.05, 0.1) is 0 Å². The molecule has 0 bridgehead atoms. The van der Waals surface area contributed by atoms with E-state index < -0.39 is 30.1 Å². The Morgan fingerprint density at radius 2 is 1.16 bits per heavy atom. The summed E-state index contributed by atoms with van der Waals surface area (Å²) in [6.45, 7) is 2.94. The Hall–Kier alpha value is -0.730. The number of ether oxygens (including phenoxy) is 5. The van der Waals surface area contributed by atoms with Gasteiger partial charge in [-0.05, 0) is 32.1 Å². The zero-order chi connectivity index (χ0) is 25.6. The van der Waals surface area contributed by atoms with Crippen LogP contribution in [-0.4, -0.2) is 54.7 Å². The van der Waals surface area contributed by atoms with Gasteiger partial charge < -0.3 is 29.0 Å².